The molecule has 0 bridgehead atoms. The molecule has 0 saturated heterocycles. The Labute approximate surface area is 126 Å². The maximum absolute atomic E-state index is 5.53. The molecule has 5 nitrogen and oxygen atoms in total. The van der Waals surface area contributed by atoms with Crippen molar-refractivity contribution in [3.8, 4) is 0 Å². The Balaban J connectivity index is 1.56. The highest BCUT2D eigenvalue weighted by molar-refractivity contribution is 5.36. The molecule has 0 aliphatic carbocycles. The summed E-state index contributed by atoms with van der Waals surface area (Å²) in [6.07, 6.45) is 6.54. The van der Waals surface area contributed by atoms with Crippen LogP contribution in [0, 0.1) is 13.8 Å². The van der Waals surface area contributed by atoms with Gasteiger partial charge in [-0.1, -0.05) is 12.8 Å². The molecule has 2 aromatic heterocycles. The quantitative estimate of drug-likeness (QED) is 0.732. The second-order valence-corrected chi connectivity index (χ2v) is 5.41. The van der Waals surface area contributed by atoms with Crippen LogP contribution in [0.25, 0.3) is 0 Å². The lowest BCUT2D eigenvalue weighted by Crippen LogP contribution is -2.06. The summed E-state index contributed by atoms with van der Waals surface area (Å²) in [5.41, 5.74) is 8.25. The first-order chi connectivity index (χ1) is 10.2. The molecule has 114 valence electrons. The Morgan fingerprint density at radius 2 is 1.76 bits per heavy atom. The average Bonchev–Trinajstić information content (AvgIpc) is 2.78. The van der Waals surface area contributed by atoms with Crippen LogP contribution in [-0.2, 0) is 6.54 Å². The van der Waals surface area contributed by atoms with Gasteiger partial charge in [-0.25, -0.2) is 4.98 Å². The number of aryl methyl sites for hydroxylation is 2. The van der Waals surface area contributed by atoms with Crippen LogP contribution in [0.2, 0.25) is 0 Å². The number of hydrogen-bond donors (Lipinski definition) is 2. The van der Waals surface area contributed by atoms with Crippen LogP contribution in [-0.4, -0.2) is 21.1 Å². The van der Waals surface area contributed by atoms with E-state index in [1.807, 2.05) is 6.07 Å². The third-order valence-electron chi connectivity index (χ3n) is 3.71. The van der Waals surface area contributed by atoms with Gasteiger partial charge >= 0.3 is 0 Å². The second-order valence-electron chi connectivity index (χ2n) is 5.41. The van der Waals surface area contributed by atoms with Crippen molar-refractivity contribution < 1.29 is 0 Å². The van der Waals surface area contributed by atoms with Gasteiger partial charge in [-0.05, 0) is 44.9 Å². The lowest BCUT2D eigenvalue weighted by molar-refractivity contribution is 0.564. The van der Waals surface area contributed by atoms with E-state index in [-0.39, 0.29) is 0 Å². The predicted octanol–water partition coefficient (Wildman–Crippen LogP) is 3.15. The van der Waals surface area contributed by atoms with Crippen molar-refractivity contribution in [1.82, 2.24) is 14.5 Å². The predicted molar refractivity (Wildman–Crippen MR) is 87.3 cm³/mol. The van der Waals surface area contributed by atoms with E-state index in [1.165, 1.54) is 30.7 Å². The number of aromatic nitrogens is 3. The minimum Gasteiger partial charge on any atom is -0.370 e. The first-order valence-corrected chi connectivity index (χ1v) is 7.62. The zero-order chi connectivity index (χ0) is 15.1. The fraction of sp³-hybridized carbons (Fsp3) is 0.500. The topological polar surface area (TPSA) is 68.8 Å². The number of unbranched alkanes of at least 4 members (excludes halogenated alkanes) is 3. The average molecular weight is 287 g/mol. The SMILES string of the molecule is Cc1ccc(C)n1CCCCCCNc1ccnc(N)n1. The molecule has 0 aromatic carbocycles. The van der Waals surface area contributed by atoms with E-state index in [9.17, 15) is 0 Å². The summed E-state index contributed by atoms with van der Waals surface area (Å²) in [5.74, 6) is 1.12. The van der Waals surface area contributed by atoms with Gasteiger partial charge < -0.3 is 15.6 Å². The molecule has 2 rings (SSSR count). The van der Waals surface area contributed by atoms with Crippen molar-refractivity contribution in [2.45, 2.75) is 46.1 Å². The third kappa shape index (κ3) is 4.77. The molecule has 2 heterocycles. The lowest BCUT2D eigenvalue weighted by Gasteiger charge is -2.09. The zero-order valence-corrected chi connectivity index (χ0v) is 13.0. The molecule has 2 aromatic rings. The lowest BCUT2D eigenvalue weighted by atomic mass is 10.2. The molecule has 0 atom stereocenters. The van der Waals surface area contributed by atoms with E-state index in [2.05, 4.69) is 45.8 Å². The maximum Gasteiger partial charge on any atom is 0.221 e. The first kappa shape index (κ1) is 15.4. The fourth-order valence-electron chi connectivity index (χ4n) is 2.49. The van der Waals surface area contributed by atoms with Gasteiger partial charge in [0.05, 0.1) is 0 Å². The summed E-state index contributed by atoms with van der Waals surface area (Å²) in [4.78, 5) is 7.98. The molecule has 3 N–H and O–H groups in total. The molecule has 0 saturated carbocycles. The van der Waals surface area contributed by atoms with Gasteiger partial charge in [-0.3, -0.25) is 0 Å². The highest BCUT2D eigenvalue weighted by Crippen LogP contribution is 2.10. The number of nitrogens with two attached hydrogens (primary N) is 1. The second kappa shape index (κ2) is 7.67. The van der Waals surface area contributed by atoms with Gasteiger partial charge in [0.25, 0.3) is 0 Å². The summed E-state index contributed by atoms with van der Waals surface area (Å²) in [6.45, 7) is 6.40. The molecular formula is C16H25N5. The van der Waals surface area contributed by atoms with E-state index in [1.54, 1.807) is 6.20 Å². The summed E-state index contributed by atoms with van der Waals surface area (Å²) < 4.78 is 2.39. The van der Waals surface area contributed by atoms with Gasteiger partial charge in [-0.2, -0.15) is 4.98 Å². The number of hydrogen-bond acceptors (Lipinski definition) is 4. The minimum absolute atomic E-state index is 0.317. The van der Waals surface area contributed by atoms with Crippen molar-refractivity contribution in [2.24, 2.45) is 0 Å². The van der Waals surface area contributed by atoms with Crippen LogP contribution in [0.1, 0.15) is 37.1 Å². The van der Waals surface area contributed by atoms with Crippen molar-refractivity contribution in [2.75, 3.05) is 17.6 Å². The molecule has 21 heavy (non-hydrogen) atoms. The summed E-state index contributed by atoms with van der Waals surface area (Å²) in [5, 5.41) is 3.27. The molecule has 5 heteroatoms. The van der Waals surface area contributed by atoms with E-state index in [0.29, 0.717) is 5.95 Å². The van der Waals surface area contributed by atoms with E-state index in [4.69, 9.17) is 5.73 Å². The van der Waals surface area contributed by atoms with Crippen molar-refractivity contribution in [1.29, 1.82) is 0 Å². The molecule has 0 aliphatic heterocycles. The molecule has 0 spiro atoms. The largest absolute Gasteiger partial charge is 0.370 e. The molecule has 0 unspecified atom stereocenters. The molecule has 0 fully saturated rings. The van der Waals surface area contributed by atoms with Gasteiger partial charge in [0.1, 0.15) is 5.82 Å². The van der Waals surface area contributed by atoms with Crippen LogP contribution in [0.15, 0.2) is 24.4 Å². The minimum atomic E-state index is 0.317. The van der Waals surface area contributed by atoms with Crippen LogP contribution in [0.3, 0.4) is 0 Å². The van der Waals surface area contributed by atoms with Crippen molar-refractivity contribution in [3.05, 3.63) is 35.8 Å². The Morgan fingerprint density at radius 1 is 1.05 bits per heavy atom. The number of nitrogens with zero attached hydrogens (tertiary/aromatic N) is 3. The van der Waals surface area contributed by atoms with Gasteiger partial charge in [0.15, 0.2) is 0 Å². The highest BCUT2D eigenvalue weighted by Gasteiger charge is 2.00. The first-order valence-electron chi connectivity index (χ1n) is 7.62. The number of anilines is 2. The van der Waals surface area contributed by atoms with Crippen molar-refractivity contribution >= 4 is 11.8 Å². The third-order valence-corrected chi connectivity index (χ3v) is 3.71. The monoisotopic (exact) mass is 287 g/mol. The van der Waals surface area contributed by atoms with Crippen LogP contribution in [0.5, 0.6) is 0 Å². The van der Waals surface area contributed by atoms with E-state index < -0.39 is 0 Å². The smallest absolute Gasteiger partial charge is 0.221 e. The zero-order valence-electron chi connectivity index (χ0n) is 13.0. The highest BCUT2D eigenvalue weighted by atomic mass is 15.1. The summed E-state index contributed by atoms with van der Waals surface area (Å²) in [7, 11) is 0. The Morgan fingerprint density at radius 3 is 2.48 bits per heavy atom. The number of nitrogen functional groups attached to an aromatic ring is 1. The molecular weight excluding hydrogens is 262 g/mol. The Hall–Kier alpha value is -2.04. The molecule has 0 aliphatic rings. The number of nitrogens with one attached hydrogen (secondary N) is 1. The van der Waals surface area contributed by atoms with Gasteiger partial charge in [-0.15, -0.1) is 0 Å². The molecule has 0 amide bonds. The summed E-state index contributed by atoms with van der Waals surface area (Å²) in [6, 6.07) is 6.22. The van der Waals surface area contributed by atoms with Crippen LogP contribution < -0.4 is 11.1 Å². The molecule has 0 radical (unpaired) electrons. The fourth-order valence-corrected chi connectivity index (χ4v) is 2.49. The van der Waals surface area contributed by atoms with Crippen molar-refractivity contribution in [3.63, 3.8) is 0 Å². The Kier molecular flexibility index (Phi) is 5.60. The summed E-state index contributed by atoms with van der Waals surface area (Å²) >= 11 is 0. The van der Waals surface area contributed by atoms with E-state index >= 15 is 0 Å². The maximum atomic E-state index is 5.53. The standard InChI is InChI=1S/C16H25N5/c1-13-7-8-14(2)21(13)12-6-4-3-5-10-18-15-9-11-19-16(17)20-15/h7-9,11H,3-6,10,12H2,1-2H3,(H3,17,18,19,20). The van der Waals surface area contributed by atoms with Crippen LogP contribution in [0.4, 0.5) is 11.8 Å². The van der Waals surface area contributed by atoms with Crippen LogP contribution >= 0.6 is 0 Å². The Bertz CT molecular complexity index is 542. The van der Waals surface area contributed by atoms with Gasteiger partial charge in [0, 0.05) is 30.7 Å². The number of rotatable bonds is 8. The van der Waals surface area contributed by atoms with E-state index in [0.717, 1.165) is 25.3 Å². The normalized spacial score (nSPS) is 10.8. The van der Waals surface area contributed by atoms with Gasteiger partial charge in [0.2, 0.25) is 5.95 Å².